The van der Waals surface area contributed by atoms with Crippen LogP contribution in [0.4, 0.5) is 4.79 Å². The van der Waals surface area contributed by atoms with E-state index in [1.54, 1.807) is 18.2 Å². The van der Waals surface area contributed by atoms with E-state index in [0.29, 0.717) is 15.6 Å². The summed E-state index contributed by atoms with van der Waals surface area (Å²) >= 11 is 11.9. The smallest absolute Gasteiger partial charge is 0.412 e. The highest BCUT2D eigenvalue weighted by molar-refractivity contribution is 6.34. The van der Waals surface area contributed by atoms with Gasteiger partial charge in [0, 0.05) is 10.0 Å². The van der Waals surface area contributed by atoms with Crippen LogP contribution in [-0.2, 0) is 20.9 Å². The highest BCUT2D eigenvalue weighted by atomic mass is 35.5. The molecule has 2 aromatic rings. The molecule has 0 aliphatic carbocycles. The second kappa shape index (κ2) is 9.11. The van der Waals surface area contributed by atoms with Crippen molar-refractivity contribution in [2.45, 2.75) is 6.61 Å². The summed E-state index contributed by atoms with van der Waals surface area (Å²) in [4.78, 5) is 23.8. The zero-order valence-corrected chi connectivity index (χ0v) is 14.8. The molecule has 0 bridgehead atoms. The van der Waals surface area contributed by atoms with Crippen molar-refractivity contribution >= 4 is 41.3 Å². The molecule has 0 saturated heterocycles. The first-order chi connectivity index (χ1) is 12.0. The van der Waals surface area contributed by atoms with Crippen LogP contribution < -0.4 is 5.32 Å². The lowest BCUT2D eigenvalue weighted by Gasteiger charge is -2.09. The van der Waals surface area contributed by atoms with Crippen LogP contribution in [0.3, 0.4) is 0 Å². The largest absolute Gasteiger partial charge is 0.464 e. The van der Waals surface area contributed by atoms with Gasteiger partial charge >= 0.3 is 12.1 Å². The summed E-state index contributed by atoms with van der Waals surface area (Å²) in [5.74, 6) is -0.729. The van der Waals surface area contributed by atoms with Gasteiger partial charge in [-0.3, -0.25) is 5.32 Å². The molecule has 0 unspecified atom stereocenters. The predicted molar refractivity (Wildman–Crippen MR) is 96.2 cm³/mol. The van der Waals surface area contributed by atoms with Crippen molar-refractivity contribution in [2.24, 2.45) is 0 Å². The van der Waals surface area contributed by atoms with Crippen LogP contribution in [0, 0.1) is 0 Å². The van der Waals surface area contributed by atoms with E-state index < -0.39 is 12.1 Å². The number of halogens is 2. The molecule has 2 aromatic carbocycles. The van der Waals surface area contributed by atoms with Gasteiger partial charge in [-0.05, 0) is 35.4 Å². The van der Waals surface area contributed by atoms with Crippen LogP contribution in [0.25, 0.3) is 6.08 Å². The van der Waals surface area contributed by atoms with E-state index in [0.717, 1.165) is 5.56 Å². The van der Waals surface area contributed by atoms with Crippen molar-refractivity contribution in [3.63, 3.8) is 0 Å². The first-order valence-corrected chi connectivity index (χ1v) is 7.97. The van der Waals surface area contributed by atoms with Gasteiger partial charge in [0.05, 0.1) is 7.11 Å². The van der Waals surface area contributed by atoms with Crippen LogP contribution in [0.1, 0.15) is 11.1 Å². The number of hydrogen-bond donors (Lipinski definition) is 1. The Morgan fingerprint density at radius 3 is 2.32 bits per heavy atom. The molecule has 0 fully saturated rings. The number of methoxy groups -OCH3 is 1. The van der Waals surface area contributed by atoms with E-state index in [9.17, 15) is 9.59 Å². The fourth-order valence-electron chi connectivity index (χ4n) is 1.95. The summed E-state index contributed by atoms with van der Waals surface area (Å²) < 4.78 is 9.75. The molecule has 130 valence electrons. The third kappa shape index (κ3) is 6.14. The lowest BCUT2D eigenvalue weighted by molar-refractivity contribution is -0.136. The molecule has 2 rings (SSSR count). The van der Waals surface area contributed by atoms with E-state index in [4.69, 9.17) is 27.9 Å². The number of alkyl carbamates (subject to hydrolysis) is 1. The maximum absolute atomic E-state index is 11.9. The Labute approximate surface area is 155 Å². The number of nitrogens with one attached hydrogen (secondary N) is 1. The zero-order chi connectivity index (χ0) is 18.2. The summed E-state index contributed by atoms with van der Waals surface area (Å²) in [6.45, 7) is 0.0735. The Balaban J connectivity index is 2.10. The average molecular weight is 380 g/mol. The number of esters is 1. The molecule has 25 heavy (non-hydrogen) atoms. The number of benzene rings is 2. The molecule has 0 spiro atoms. The summed E-state index contributed by atoms with van der Waals surface area (Å²) in [5, 5.41) is 3.16. The van der Waals surface area contributed by atoms with Gasteiger partial charge in [0.25, 0.3) is 0 Å². The van der Waals surface area contributed by atoms with Crippen LogP contribution in [0.2, 0.25) is 10.0 Å². The molecule has 0 aliphatic rings. The minimum atomic E-state index is -0.784. The maximum Gasteiger partial charge on any atom is 0.412 e. The molecule has 7 heteroatoms. The second-order valence-electron chi connectivity index (χ2n) is 4.94. The maximum atomic E-state index is 11.9. The van der Waals surface area contributed by atoms with Gasteiger partial charge in [-0.15, -0.1) is 0 Å². The van der Waals surface area contributed by atoms with Crippen molar-refractivity contribution in [3.8, 4) is 0 Å². The van der Waals surface area contributed by atoms with E-state index in [1.807, 2.05) is 30.3 Å². The molecular formula is C18H15Cl2NO4. The van der Waals surface area contributed by atoms with Gasteiger partial charge in [-0.1, -0.05) is 53.5 Å². The van der Waals surface area contributed by atoms with Crippen molar-refractivity contribution in [2.75, 3.05) is 7.11 Å². The summed E-state index contributed by atoms with van der Waals surface area (Å²) in [6.07, 6.45) is 0.613. The third-order valence-electron chi connectivity index (χ3n) is 3.05. The predicted octanol–water partition coefficient (Wildman–Crippen LogP) is 4.43. The fraction of sp³-hybridized carbons (Fsp3) is 0.111. The van der Waals surface area contributed by atoms with Crippen LogP contribution in [-0.4, -0.2) is 19.2 Å². The normalized spacial score (nSPS) is 10.9. The lowest BCUT2D eigenvalue weighted by atomic mass is 10.2. The van der Waals surface area contributed by atoms with Crippen LogP contribution in [0.15, 0.2) is 54.2 Å². The minimum absolute atomic E-state index is 0.0735. The van der Waals surface area contributed by atoms with Crippen LogP contribution >= 0.6 is 23.2 Å². The summed E-state index contributed by atoms with van der Waals surface area (Å²) in [5.41, 5.74) is 1.25. The number of hydrogen-bond acceptors (Lipinski definition) is 4. The highest BCUT2D eigenvalue weighted by Crippen LogP contribution is 2.20. The van der Waals surface area contributed by atoms with Crippen molar-refractivity contribution < 1.29 is 19.1 Å². The lowest BCUT2D eigenvalue weighted by Crippen LogP contribution is -2.28. The van der Waals surface area contributed by atoms with Gasteiger partial charge in [-0.25, -0.2) is 9.59 Å². The van der Waals surface area contributed by atoms with Gasteiger partial charge in [0.1, 0.15) is 12.3 Å². The molecule has 0 heterocycles. The van der Waals surface area contributed by atoms with E-state index in [2.05, 4.69) is 10.1 Å². The Morgan fingerprint density at radius 2 is 1.72 bits per heavy atom. The fourth-order valence-corrected chi connectivity index (χ4v) is 2.49. The molecule has 0 radical (unpaired) electrons. The SMILES string of the molecule is COC(=O)C(=Cc1cc(Cl)cc(Cl)c1)NC(=O)OCc1ccccc1. The third-order valence-corrected chi connectivity index (χ3v) is 3.49. The van der Waals surface area contributed by atoms with Gasteiger partial charge in [0.15, 0.2) is 0 Å². The molecule has 1 amide bonds. The monoisotopic (exact) mass is 379 g/mol. The number of carbonyl (C=O) groups is 2. The molecule has 5 nitrogen and oxygen atoms in total. The molecule has 0 aromatic heterocycles. The molecule has 0 aliphatic heterocycles. The van der Waals surface area contributed by atoms with Crippen molar-refractivity contribution in [1.29, 1.82) is 0 Å². The minimum Gasteiger partial charge on any atom is -0.464 e. The first-order valence-electron chi connectivity index (χ1n) is 7.22. The molecule has 1 N–H and O–H groups in total. The van der Waals surface area contributed by atoms with Crippen molar-refractivity contribution in [3.05, 3.63) is 75.4 Å². The quantitative estimate of drug-likeness (QED) is 0.616. The van der Waals surface area contributed by atoms with Gasteiger partial charge < -0.3 is 9.47 Å². The molecular weight excluding hydrogens is 365 g/mol. The Bertz CT molecular complexity index is 771. The molecule has 0 saturated carbocycles. The Kier molecular flexibility index (Phi) is 6.86. The first kappa shape index (κ1) is 18.8. The number of carbonyl (C=O) groups excluding carboxylic acids is 2. The Hall–Kier alpha value is -2.50. The standard InChI is InChI=1S/C18H15Cl2NO4/c1-24-17(22)16(9-13-7-14(19)10-15(20)8-13)21-18(23)25-11-12-5-3-2-4-6-12/h2-10H,11H2,1H3,(H,21,23). The van der Waals surface area contributed by atoms with E-state index in [-0.39, 0.29) is 12.3 Å². The van der Waals surface area contributed by atoms with E-state index in [1.165, 1.54) is 13.2 Å². The Morgan fingerprint density at radius 1 is 1.08 bits per heavy atom. The van der Waals surface area contributed by atoms with E-state index >= 15 is 0 Å². The highest BCUT2D eigenvalue weighted by Gasteiger charge is 2.15. The topological polar surface area (TPSA) is 64.6 Å². The number of rotatable bonds is 5. The average Bonchev–Trinajstić information content (AvgIpc) is 2.58. The van der Waals surface area contributed by atoms with Crippen LogP contribution in [0.5, 0.6) is 0 Å². The zero-order valence-electron chi connectivity index (χ0n) is 13.3. The van der Waals surface area contributed by atoms with Crippen molar-refractivity contribution in [1.82, 2.24) is 5.32 Å². The summed E-state index contributed by atoms with van der Waals surface area (Å²) in [7, 11) is 1.21. The van der Waals surface area contributed by atoms with Gasteiger partial charge in [-0.2, -0.15) is 0 Å². The van der Waals surface area contributed by atoms with Gasteiger partial charge in [0.2, 0.25) is 0 Å². The summed E-state index contributed by atoms with van der Waals surface area (Å²) in [6, 6.07) is 13.9. The number of amides is 1. The molecule has 0 atom stereocenters. The number of ether oxygens (including phenoxy) is 2. The second-order valence-corrected chi connectivity index (χ2v) is 5.81.